The number of likely N-dealkylation sites (N-methyl/N-ethyl adjacent to an activating group) is 1. The highest BCUT2D eigenvalue weighted by molar-refractivity contribution is 7.45. The fraction of sp³-hybridized carbons (Fsp3) is 0.871. The zero-order chi connectivity index (χ0) is 57.7. The van der Waals surface area contributed by atoms with E-state index < -0.39 is 26.6 Å². The van der Waals surface area contributed by atoms with Crippen LogP contribution >= 0.6 is 7.82 Å². The molecule has 466 valence electrons. The number of aliphatic hydroxyl groups is 1. The Morgan fingerprint density at radius 2 is 0.709 bits per heavy atom. The van der Waals surface area contributed by atoms with Crippen LogP contribution in [0.4, 0.5) is 0 Å². The topological polar surface area (TPSA) is 108 Å². The fourth-order valence-electron chi connectivity index (χ4n) is 10.4. The molecule has 0 aromatic rings. The van der Waals surface area contributed by atoms with E-state index in [-0.39, 0.29) is 12.5 Å². The van der Waals surface area contributed by atoms with E-state index >= 15 is 0 Å². The van der Waals surface area contributed by atoms with Crippen molar-refractivity contribution in [3.63, 3.8) is 0 Å². The van der Waals surface area contributed by atoms with E-state index in [1.54, 1.807) is 6.08 Å². The van der Waals surface area contributed by atoms with Gasteiger partial charge in [-0.3, -0.25) is 9.36 Å². The molecule has 0 spiro atoms. The minimum absolute atomic E-state index is 0.00795. The van der Waals surface area contributed by atoms with Gasteiger partial charge in [0.05, 0.1) is 39.9 Å². The van der Waals surface area contributed by atoms with Crippen LogP contribution in [0.15, 0.2) is 48.6 Å². The first-order valence-electron chi connectivity index (χ1n) is 34.5. The molecule has 0 fully saturated rings. The van der Waals surface area contributed by atoms with Crippen LogP contribution < -0.4 is 10.2 Å². The lowest BCUT2D eigenvalue weighted by Crippen LogP contribution is -2.45. The molecule has 3 unspecified atom stereocenters. The lowest BCUT2D eigenvalue weighted by Gasteiger charge is -2.29. The summed E-state index contributed by atoms with van der Waals surface area (Å²) in [5.41, 5.74) is 0. The standard InChI is InChI=1S/C70H135N2O6P/c1-6-8-10-12-14-16-18-20-22-24-26-27-28-29-30-31-32-33-34-35-36-37-38-39-40-41-42-43-44-45-46-48-50-52-54-56-58-60-62-64-70(74)71-68(67-78-79(75,76)77-66-65-72(3,4)5)69(73)63-61-59-57-55-53-51-49-47-25-23-21-19-17-15-13-11-9-7-2/h24-26,47,53,55,61,63,68-69,73H,6-23,27-46,48-52,54,56-60,62,64-67H2,1-5H3,(H-,71,74,75,76)/b26-24-,47-25+,55-53+,63-61+. The maximum Gasteiger partial charge on any atom is 0.268 e. The molecule has 0 aliphatic carbocycles. The Hall–Kier alpha value is -1.54. The molecule has 0 aliphatic rings. The van der Waals surface area contributed by atoms with Gasteiger partial charge >= 0.3 is 0 Å². The summed E-state index contributed by atoms with van der Waals surface area (Å²) in [4.78, 5) is 25.6. The number of amides is 1. The summed E-state index contributed by atoms with van der Waals surface area (Å²) >= 11 is 0. The van der Waals surface area contributed by atoms with Crippen LogP contribution in [-0.2, 0) is 18.4 Å². The van der Waals surface area contributed by atoms with Gasteiger partial charge in [-0.2, -0.15) is 0 Å². The highest BCUT2D eigenvalue weighted by Crippen LogP contribution is 2.38. The molecule has 79 heavy (non-hydrogen) atoms. The molecular weight excluding hydrogens is 996 g/mol. The fourth-order valence-corrected chi connectivity index (χ4v) is 11.1. The Balaban J connectivity index is 3.94. The maximum absolute atomic E-state index is 13.0. The van der Waals surface area contributed by atoms with Gasteiger partial charge in [-0.1, -0.05) is 313 Å². The quantitative estimate of drug-likeness (QED) is 0.0272. The molecule has 0 aromatic heterocycles. The van der Waals surface area contributed by atoms with Crippen LogP contribution in [0.1, 0.15) is 341 Å². The second-order valence-corrected chi connectivity index (χ2v) is 26.3. The van der Waals surface area contributed by atoms with Crippen molar-refractivity contribution in [3.05, 3.63) is 48.6 Å². The number of nitrogens with zero attached hydrogens (tertiary/aromatic N) is 1. The van der Waals surface area contributed by atoms with Crippen LogP contribution in [-0.4, -0.2) is 68.5 Å². The van der Waals surface area contributed by atoms with E-state index in [4.69, 9.17) is 9.05 Å². The Bertz CT molecular complexity index is 1430. The molecule has 0 rings (SSSR count). The van der Waals surface area contributed by atoms with Crippen molar-refractivity contribution in [1.82, 2.24) is 5.32 Å². The number of phosphoric ester groups is 1. The van der Waals surface area contributed by atoms with Crippen molar-refractivity contribution in [2.75, 3.05) is 40.9 Å². The molecule has 2 N–H and O–H groups in total. The Morgan fingerprint density at radius 3 is 1.03 bits per heavy atom. The highest BCUT2D eigenvalue weighted by Gasteiger charge is 2.23. The summed E-state index contributed by atoms with van der Waals surface area (Å²) < 4.78 is 23.4. The Kier molecular flexibility index (Phi) is 59.8. The molecule has 0 aliphatic heterocycles. The van der Waals surface area contributed by atoms with Crippen LogP contribution in [0, 0.1) is 0 Å². The van der Waals surface area contributed by atoms with Crippen LogP contribution in [0.5, 0.6) is 0 Å². The summed E-state index contributed by atoms with van der Waals surface area (Å²) in [5, 5.41) is 13.9. The third kappa shape index (κ3) is 63.9. The number of hydrogen-bond acceptors (Lipinski definition) is 6. The van der Waals surface area contributed by atoms with Gasteiger partial charge in [0.25, 0.3) is 7.82 Å². The predicted molar refractivity (Wildman–Crippen MR) is 344 cm³/mol. The molecule has 8 nitrogen and oxygen atoms in total. The monoisotopic (exact) mass is 1130 g/mol. The number of nitrogens with one attached hydrogen (secondary N) is 1. The van der Waals surface area contributed by atoms with E-state index in [1.807, 2.05) is 27.2 Å². The highest BCUT2D eigenvalue weighted by atomic mass is 31.2. The minimum atomic E-state index is -4.61. The number of carbonyl (C=O) groups excluding carboxylic acids is 1. The number of carbonyl (C=O) groups is 1. The number of unbranched alkanes of at least 4 members (excludes halogenated alkanes) is 45. The zero-order valence-electron chi connectivity index (χ0n) is 53.3. The molecule has 3 atom stereocenters. The average molecular weight is 1130 g/mol. The Morgan fingerprint density at radius 1 is 0.430 bits per heavy atom. The number of allylic oxidation sites excluding steroid dienone is 7. The van der Waals surface area contributed by atoms with E-state index in [9.17, 15) is 19.4 Å². The molecular formula is C70H135N2O6P. The van der Waals surface area contributed by atoms with Crippen molar-refractivity contribution in [2.45, 2.75) is 353 Å². The van der Waals surface area contributed by atoms with E-state index in [2.05, 4.69) is 55.6 Å². The first-order valence-corrected chi connectivity index (χ1v) is 36.0. The summed E-state index contributed by atoms with van der Waals surface area (Å²) in [5.74, 6) is -0.206. The van der Waals surface area contributed by atoms with Gasteiger partial charge in [-0.25, -0.2) is 0 Å². The van der Waals surface area contributed by atoms with E-state index in [0.29, 0.717) is 17.4 Å². The largest absolute Gasteiger partial charge is 0.756 e. The third-order valence-electron chi connectivity index (χ3n) is 15.7. The average Bonchev–Trinajstić information content (AvgIpc) is 3.42. The van der Waals surface area contributed by atoms with Gasteiger partial charge < -0.3 is 28.8 Å². The first kappa shape index (κ1) is 77.5. The van der Waals surface area contributed by atoms with Crippen molar-refractivity contribution >= 4 is 13.7 Å². The van der Waals surface area contributed by atoms with Gasteiger partial charge in [0, 0.05) is 6.42 Å². The number of aliphatic hydroxyl groups excluding tert-OH is 1. The summed E-state index contributed by atoms with van der Waals surface area (Å²) in [6.07, 6.45) is 82.5. The molecule has 0 saturated carbocycles. The van der Waals surface area contributed by atoms with Crippen molar-refractivity contribution < 1.29 is 32.9 Å². The summed E-state index contributed by atoms with van der Waals surface area (Å²) in [6, 6.07) is -0.909. The van der Waals surface area contributed by atoms with Crippen molar-refractivity contribution in [2.24, 2.45) is 0 Å². The maximum atomic E-state index is 13.0. The molecule has 0 radical (unpaired) electrons. The molecule has 0 aromatic carbocycles. The normalized spacial score (nSPS) is 14.0. The minimum Gasteiger partial charge on any atom is -0.756 e. The lowest BCUT2D eigenvalue weighted by molar-refractivity contribution is -0.870. The van der Waals surface area contributed by atoms with E-state index in [1.165, 1.54) is 276 Å². The van der Waals surface area contributed by atoms with Crippen LogP contribution in [0.3, 0.4) is 0 Å². The van der Waals surface area contributed by atoms with Gasteiger partial charge in [0.2, 0.25) is 5.91 Å². The second-order valence-electron chi connectivity index (χ2n) is 24.9. The SMILES string of the molecule is CCCCCCCCCC/C=C\CCCCCCCCCCCCCCCCCCCCCCCCCCCCCC(=O)NC(COP(=O)([O-])OCC[N+](C)(C)C)C(O)/C=C/CC/C=C/CC/C=C/CCCCCCCCCC. The van der Waals surface area contributed by atoms with Gasteiger partial charge in [-0.05, 0) is 70.6 Å². The molecule has 9 heteroatoms. The summed E-state index contributed by atoms with van der Waals surface area (Å²) in [7, 11) is 1.25. The molecule has 0 heterocycles. The molecule has 1 amide bonds. The van der Waals surface area contributed by atoms with Crippen molar-refractivity contribution in [1.29, 1.82) is 0 Å². The first-order chi connectivity index (χ1) is 38.5. The number of hydrogen-bond donors (Lipinski definition) is 2. The predicted octanol–water partition coefficient (Wildman–Crippen LogP) is 21.2. The van der Waals surface area contributed by atoms with Crippen molar-refractivity contribution in [3.8, 4) is 0 Å². The molecule has 0 bridgehead atoms. The van der Waals surface area contributed by atoms with Gasteiger partial charge in [0.15, 0.2) is 0 Å². The molecule has 0 saturated heterocycles. The zero-order valence-corrected chi connectivity index (χ0v) is 54.2. The van der Waals surface area contributed by atoms with E-state index in [0.717, 1.165) is 44.9 Å². The second kappa shape index (κ2) is 61.0. The summed E-state index contributed by atoms with van der Waals surface area (Å²) in [6.45, 7) is 4.65. The van der Waals surface area contributed by atoms with Gasteiger partial charge in [-0.15, -0.1) is 0 Å². The third-order valence-corrected chi connectivity index (χ3v) is 16.7. The van der Waals surface area contributed by atoms with Crippen LogP contribution in [0.25, 0.3) is 0 Å². The number of rotatable bonds is 64. The number of quaternary nitrogens is 1. The smallest absolute Gasteiger partial charge is 0.268 e. The number of phosphoric acid groups is 1. The van der Waals surface area contributed by atoms with Crippen LogP contribution in [0.2, 0.25) is 0 Å². The van der Waals surface area contributed by atoms with Gasteiger partial charge in [0.1, 0.15) is 13.2 Å². The Labute approximate surface area is 492 Å². The lowest BCUT2D eigenvalue weighted by atomic mass is 10.0.